The quantitative estimate of drug-likeness (QED) is 0.581. The van der Waals surface area contributed by atoms with E-state index in [1.807, 2.05) is 6.92 Å². The summed E-state index contributed by atoms with van der Waals surface area (Å²) in [5.74, 6) is -1.44. The van der Waals surface area contributed by atoms with E-state index in [2.05, 4.69) is 6.92 Å². The molecule has 4 aliphatic carbocycles. The van der Waals surface area contributed by atoms with E-state index in [0.29, 0.717) is 38.5 Å². The van der Waals surface area contributed by atoms with Gasteiger partial charge in [-0.3, -0.25) is 9.59 Å². The minimum Gasteiger partial charge on any atom is -0.459 e. The van der Waals surface area contributed by atoms with Crippen molar-refractivity contribution in [1.29, 1.82) is 0 Å². The van der Waals surface area contributed by atoms with Crippen molar-refractivity contribution in [3.8, 4) is 0 Å². The lowest BCUT2D eigenvalue weighted by molar-refractivity contribution is -0.184. The number of carbonyl (C=O) groups excluding carboxylic acids is 3. The SMILES string of the molecule is CC(OC(=O)CCO)C(=O)O[C@@H]1CC[C@H]2[C@@H]3CCC4=C(Cl)C(=O)CC[C@]4(C)[C@@]3(F)CC[C@]12C. The Morgan fingerprint density at radius 2 is 1.88 bits per heavy atom. The van der Waals surface area contributed by atoms with E-state index in [9.17, 15) is 14.4 Å². The molecule has 184 valence electrons. The van der Waals surface area contributed by atoms with Gasteiger partial charge in [0.1, 0.15) is 11.8 Å². The molecular formula is C25H34ClFO6. The largest absolute Gasteiger partial charge is 0.459 e. The van der Waals surface area contributed by atoms with Gasteiger partial charge >= 0.3 is 11.9 Å². The van der Waals surface area contributed by atoms with E-state index in [1.54, 1.807) is 0 Å². The Morgan fingerprint density at radius 3 is 2.58 bits per heavy atom. The van der Waals surface area contributed by atoms with E-state index in [-0.39, 0.29) is 53.6 Å². The number of fused-ring (bicyclic) bond motifs is 5. The number of alkyl halides is 1. The molecule has 0 radical (unpaired) electrons. The fraction of sp³-hybridized carbons (Fsp3) is 0.800. The van der Waals surface area contributed by atoms with Gasteiger partial charge in [0.15, 0.2) is 11.9 Å². The summed E-state index contributed by atoms with van der Waals surface area (Å²) in [6, 6.07) is 0. The number of hydrogen-bond donors (Lipinski definition) is 1. The predicted octanol–water partition coefficient (Wildman–Crippen LogP) is 4.40. The number of aliphatic hydroxyl groups excluding tert-OH is 1. The van der Waals surface area contributed by atoms with Crippen molar-refractivity contribution in [3.63, 3.8) is 0 Å². The summed E-state index contributed by atoms with van der Waals surface area (Å²) in [6.45, 7) is 5.16. The van der Waals surface area contributed by atoms with Crippen LogP contribution in [-0.2, 0) is 23.9 Å². The minimum absolute atomic E-state index is 0.0658. The fourth-order valence-corrected chi connectivity index (χ4v) is 7.71. The number of carbonyl (C=O) groups is 3. The number of ketones is 1. The Morgan fingerprint density at radius 1 is 1.15 bits per heavy atom. The fourth-order valence-electron chi connectivity index (χ4n) is 7.31. The van der Waals surface area contributed by atoms with Gasteiger partial charge in [0.2, 0.25) is 0 Å². The first-order valence-corrected chi connectivity index (χ1v) is 12.5. The van der Waals surface area contributed by atoms with Crippen LogP contribution in [-0.4, -0.2) is 47.3 Å². The highest BCUT2D eigenvalue weighted by Crippen LogP contribution is 2.69. The van der Waals surface area contributed by atoms with E-state index < -0.39 is 29.1 Å². The molecule has 1 unspecified atom stereocenters. The van der Waals surface area contributed by atoms with Crippen molar-refractivity contribution in [1.82, 2.24) is 0 Å². The van der Waals surface area contributed by atoms with Crippen LogP contribution in [0.15, 0.2) is 10.6 Å². The number of aliphatic hydroxyl groups is 1. The van der Waals surface area contributed by atoms with Gasteiger partial charge in [-0.2, -0.15) is 0 Å². The number of hydrogen-bond acceptors (Lipinski definition) is 6. The van der Waals surface area contributed by atoms with Gasteiger partial charge in [0.25, 0.3) is 0 Å². The molecule has 3 saturated carbocycles. The van der Waals surface area contributed by atoms with Gasteiger partial charge in [0, 0.05) is 17.3 Å². The van der Waals surface area contributed by atoms with Gasteiger partial charge < -0.3 is 14.6 Å². The molecule has 0 saturated heterocycles. The summed E-state index contributed by atoms with van der Waals surface area (Å²) in [5, 5.41) is 9.09. The Kier molecular flexibility index (Phi) is 6.45. The molecule has 0 aliphatic heterocycles. The number of allylic oxidation sites excluding steroid dienone is 1. The monoisotopic (exact) mass is 484 g/mol. The third-order valence-electron chi connectivity index (χ3n) is 9.29. The van der Waals surface area contributed by atoms with Gasteiger partial charge in [0.05, 0.1) is 18.1 Å². The zero-order valence-electron chi connectivity index (χ0n) is 19.6. The van der Waals surface area contributed by atoms with Crippen molar-refractivity contribution in [3.05, 3.63) is 10.6 Å². The van der Waals surface area contributed by atoms with Gasteiger partial charge in [-0.05, 0) is 69.3 Å². The minimum atomic E-state index is -1.43. The van der Waals surface area contributed by atoms with Crippen LogP contribution in [0, 0.1) is 22.7 Å². The molecule has 3 fully saturated rings. The van der Waals surface area contributed by atoms with Crippen molar-refractivity contribution >= 4 is 29.3 Å². The Labute approximate surface area is 199 Å². The third kappa shape index (κ3) is 3.74. The normalized spacial score (nSPS) is 41.0. The average Bonchev–Trinajstić information content (AvgIpc) is 3.08. The first kappa shape index (κ1) is 24.6. The van der Waals surface area contributed by atoms with E-state index in [1.165, 1.54) is 6.92 Å². The second-order valence-corrected chi connectivity index (χ2v) is 11.2. The summed E-state index contributed by atoms with van der Waals surface area (Å²) in [6.07, 6.45) is 2.79. The molecule has 0 bridgehead atoms. The van der Waals surface area contributed by atoms with Crippen LogP contribution in [0.4, 0.5) is 4.39 Å². The Bertz CT molecular complexity index is 888. The lowest BCUT2D eigenvalue weighted by Gasteiger charge is -2.61. The molecule has 0 aromatic carbocycles. The summed E-state index contributed by atoms with van der Waals surface area (Å²) < 4.78 is 27.9. The first-order chi connectivity index (χ1) is 15.5. The lowest BCUT2D eigenvalue weighted by Crippen LogP contribution is -2.61. The molecule has 0 spiro atoms. The molecule has 0 aromatic rings. The van der Waals surface area contributed by atoms with Gasteiger partial charge in [-0.1, -0.05) is 25.4 Å². The molecule has 33 heavy (non-hydrogen) atoms. The number of rotatable bonds is 5. The van der Waals surface area contributed by atoms with E-state index >= 15 is 4.39 Å². The van der Waals surface area contributed by atoms with E-state index in [4.69, 9.17) is 26.2 Å². The molecule has 1 N–H and O–H groups in total. The summed E-state index contributed by atoms with van der Waals surface area (Å²) in [5.41, 5.74) is -1.72. The molecule has 0 aromatic heterocycles. The Hall–Kier alpha value is -1.47. The van der Waals surface area contributed by atoms with Gasteiger partial charge in [-0.25, -0.2) is 9.18 Å². The average molecular weight is 485 g/mol. The topological polar surface area (TPSA) is 89.9 Å². The van der Waals surface area contributed by atoms with Crippen LogP contribution >= 0.6 is 11.6 Å². The number of esters is 2. The second-order valence-electron chi connectivity index (χ2n) is 10.8. The van der Waals surface area contributed by atoms with Crippen molar-refractivity contribution in [2.75, 3.05) is 6.61 Å². The zero-order valence-corrected chi connectivity index (χ0v) is 20.4. The van der Waals surface area contributed by atoms with Crippen LogP contribution in [0.2, 0.25) is 0 Å². The zero-order chi connectivity index (χ0) is 24.2. The van der Waals surface area contributed by atoms with Crippen molar-refractivity contribution in [2.45, 2.75) is 96.4 Å². The first-order valence-electron chi connectivity index (χ1n) is 12.1. The highest BCUT2D eigenvalue weighted by molar-refractivity contribution is 6.43. The van der Waals surface area contributed by atoms with Crippen molar-refractivity contribution < 1.29 is 33.4 Å². The molecule has 0 heterocycles. The maximum absolute atomic E-state index is 17.0. The smallest absolute Gasteiger partial charge is 0.347 e. The number of halogens is 2. The summed E-state index contributed by atoms with van der Waals surface area (Å²) in [7, 11) is 0. The van der Waals surface area contributed by atoms with Crippen LogP contribution in [0.3, 0.4) is 0 Å². The maximum atomic E-state index is 17.0. The maximum Gasteiger partial charge on any atom is 0.347 e. The molecule has 7 atom stereocenters. The summed E-state index contributed by atoms with van der Waals surface area (Å²) in [4.78, 5) is 36.4. The standard InChI is InChI=1S/C25H34ClFO6/c1-14(32-20(30)9-13-28)22(31)33-19-7-6-15-16-4-5-17-21(26)18(29)8-10-24(17,3)25(16,27)12-11-23(15,19)2/h14-16,19,28H,4-13H2,1-3H3/t14?,15-,16-,19+,23-,24-,25+/m0/s1. The van der Waals surface area contributed by atoms with Crippen LogP contribution in [0.1, 0.15) is 78.6 Å². The van der Waals surface area contributed by atoms with Crippen molar-refractivity contribution in [2.24, 2.45) is 22.7 Å². The molecule has 4 aliphatic rings. The molecule has 6 nitrogen and oxygen atoms in total. The number of Topliss-reactive ketones (excluding diaryl/α,β-unsaturated/α-hetero) is 1. The van der Waals surface area contributed by atoms with Crippen LogP contribution in [0.5, 0.6) is 0 Å². The van der Waals surface area contributed by atoms with Gasteiger partial charge in [-0.15, -0.1) is 0 Å². The number of ether oxygens (including phenoxy) is 2. The molecule has 4 rings (SSSR count). The van der Waals surface area contributed by atoms with Crippen LogP contribution < -0.4 is 0 Å². The second kappa shape index (κ2) is 8.63. The Balaban J connectivity index is 1.52. The highest BCUT2D eigenvalue weighted by atomic mass is 35.5. The lowest BCUT2D eigenvalue weighted by atomic mass is 9.45. The molecule has 8 heteroatoms. The third-order valence-corrected chi connectivity index (χ3v) is 9.73. The molecular weight excluding hydrogens is 451 g/mol. The molecule has 0 amide bonds. The van der Waals surface area contributed by atoms with E-state index in [0.717, 1.165) is 12.0 Å². The van der Waals surface area contributed by atoms with Crippen LogP contribution in [0.25, 0.3) is 0 Å². The summed E-state index contributed by atoms with van der Waals surface area (Å²) >= 11 is 6.38. The highest BCUT2D eigenvalue weighted by Gasteiger charge is 2.68. The predicted molar refractivity (Wildman–Crippen MR) is 119 cm³/mol.